The minimum atomic E-state index is -1.25. The second-order valence-corrected chi connectivity index (χ2v) is 9.94. The number of Topliss-reactive ketones (excluding diaryl/α,β-unsaturated/α-hetero) is 1. The molecule has 0 saturated heterocycles. The van der Waals surface area contributed by atoms with E-state index in [-0.39, 0.29) is 36.2 Å². The molecule has 0 amide bonds. The fourth-order valence-corrected chi connectivity index (χ4v) is 6.24. The minimum Gasteiger partial charge on any atom is -0.384 e. The number of methoxy groups -OCH3 is 2. The maximum atomic E-state index is 14.4. The lowest BCUT2D eigenvalue weighted by atomic mass is 9.61. The monoisotopic (exact) mass is 422 g/mol. The highest BCUT2D eigenvalue weighted by Crippen LogP contribution is 2.58. The van der Waals surface area contributed by atoms with Crippen molar-refractivity contribution in [2.45, 2.75) is 64.6 Å². The van der Waals surface area contributed by atoms with Gasteiger partial charge in [0.05, 0.1) is 23.5 Å². The number of rotatable bonds is 11. The van der Waals surface area contributed by atoms with E-state index in [1.165, 1.54) is 0 Å². The summed E-state index contributed by atoms with van der Waals surface area (Å²) in [7, 11) is 3.22. The summed E-state index contributed by atoms with van der Waals surface area (Å²) in [6, 6.07) is 0. The van der Waals surface area contributed by atoms with Gasteiger partial charge in [-0.3, -0.25) is 4.79 Å². The molecule has 0 aromatic carbocycles. The average molecular weight is 423 g/mol. The van der Waals surface area contributed by atoms with Crippen molar-refractivity contribution in [1.29, 1.82) is 0 Å². The predicted molar refractivity (Wildman–Crippen MR) is 119 cm³/mol. The molecule has 0 bridgehead atoms. The number of ketones is 1. The van der Waals surface area contributed by atoms with Crippen molar-refractivity contribution in [3.05, 3.63) is 25.3 Å². The number of carbonyl (C=O) groups excluding carboxylic acids is 1. The molecule has 0 radical (unpaired) electrons. The lowest BCUT2D eigenvalue weighted by Crippen LogP contribution is -2.57. The van der Waals surface area contributed by atoms with E-state index in [4.69, 9.17) is 14.2 Å². The molecular weight excluding hydrogens is 380 g/mol. The van der Waals surface area contributed by atoms with Crippen molar-refractivity contribution in [2.75, 3.05) is 27.6 Å². The van der Waals surface area contributed by atoms with E-state index in [9.17, 15) is 9.90 Å². The Morgan fingerprint density at radius 1 is 1.17 bits per heavy atom. The first-order valence-electron chi connectivity index (χ1n) is 11.2. The number of carbonyl (C=O) groups is 1. The van der Waals surface area contributed by atoms with E-state index in [1.54, 1.807) is 20.3 Å². The van der Waals surface area contributed by atoms with Crippen LogP contribution in [0.25, 0.3) is 0 Å². The molecular formula is C25H42O5. The summed E-state index contributed by atoms with van der Waals surface area (Å²) in [5.74, 6) is 0.109. The van der Waals surface area contributed by atoms with Crippen LogP contribution in [0.3, 0.4) is 0 Å². The van der Waals surface area contributed by atoms with Crippen LogP contribution < -0.4 is 0 Å². The molecule has 0 aromatic rings. The highest BCUT2D eigenvalue weighted by molar-refractivity contribution is 5.90. The van der Waals surface area contributed by atoms with E-state index in [2.05, 4.69) is 33.9 Å². The van der Waals surface area contributed by atoms with Crippen LogP contribution in [0.15, 0.2) is 25.3 Å². The SMILES string of the molecule is C=C[C@H](C)[C@@H]1CC[C@@](COC)(OCOC)[C@H]1C(=O)[C@@]1(C)CCC(C(C)C)C1(O)C=C. The Labute approximate surface area is 182 Å². The zero-order valence-electron chi connectivity index (χ0n) is 19.8. The standard InChI is InChI=1S/C25H42O5/c1-9-18(5)19-11-14-24(15-28-7,30-16-29-8)21(19)22(26)23(6)13-12-20(17(3)4)25(23,27)10-2/h9-10,17-21,27H,1-2,11-16H2,3-8H3/t18-,19-,20?,21+,23+,24-,25?/m0/s1. The maximum Gasteiger partial charge on any atom is 0.148 e. The van der Waals surface area contributed by atoms with Crippen LogP contribution >= 0.6 is 0 Å². The van der Waals surface area contributed by atoms with Crippen molar-refractivity contribution >= 4 is 5.78 Å². The van der Waals surface area contributed by atoms with Crippen molar-refractivity contribution < 1.29 is 24.1 Å². The second-order valence-electron chi connectivity index (χ2n) is 9.94. The van der Waals surface area contributed by atoms with Gasteiger partial charge >= 0.3 is 0 Å². The molecule has 2 saturated carbocycles. The van der Waals surface area contributed by atoms with Crippen LogP contribution in [0.2, 0.25) is 0 Å². The summed E-state index contributed by atoms with van der Waals surface area (Å²) in [6.07, 6.45) is 6.50. The fraction of sp³-hybridized carbons (Fsp3) is 0.800. The third kappa shape index (κ3) is 3.94. The Bertz CT molecular complexity index is 631. The van der Waals surface area contributed by atoms with E-state index in [1.807, 2.05) is 13.0 Å². The first-order valence-corrected chi connectivity index (χ1v) is 11.2. The Morgan fingerprint density at radius 2 is 1.83 bits per heavy atom. The first kappa shape index (κ1) is 25.3. The third-order valence-electron chi connectivity index (χ3n) is 8.14. The van der Waals surface area contributed by atoms with Gasteiger partial charge in [0, 0.05) is 14.2 Å². The van der Waals surface area contributed by atoms with Crippen LogP contribution in [0.1, 0.15) is 53.4 Å². The summed E-state index contributed by atoms with van der Waals surface area (Å²) in [5, 5.41) is 11.8. The molecule has 5 nitrogen and oxygen atoms in total. The second kappa shape index (κ2) is 9.64. The lowest BCUT2D eigenvalue weighted by Gasteiger charge is -2.46. The number of hydrogen-bond acceptors (Lipinski definition) is 5. The molecule has 0 spiro atoms. The summed E-state index contributed by atoms with van der Waals surface area (Å²) < 4.78 is 17.0. The highest BCUT2D eigenvalue weighted by atomic mass is 16.7. The Hall–Kier alpha value is -1.01. The molecule has 2 aliphatic carbocycles. The normalized spacial score (nSPS) is 39.9. The largest absolute Gasteiger partial charge is 0.384 e. The van der Waals surface area contributed by atoms with Gasteiger partial charge in [0.15, 0.2) is 0 Å². The van der Waals surface area contributed by atoms with Gasteiger partial charge < -0.3 is 19.3 Å². The smallest absolute Gasteiger partial charge is 0.148 e. The molecule has 172 valence electrons. The predicted octanol–water partition coefficient (Wildman–Crippen LogP) is 4.40. The fourth-order valence-electron chi connectivity index (χ4n) is 6.24. The quantitative estimate of drug-likeness (QED) is 0.395. The molecule has 0 aromatic heterocycles. The van der Waals surface area contributed by atoms with E-state index in [0.29, 0.717) is 19.4 Å². The van der Waals surface area contributed by atoms with Crippen LogP contribution in [0.4, 0.5) is 0 Å². The summed E-state index contributed by atoms with van der Waals surface area (Å²) in [6.45, 7) is 16.6. The molecule has 2 aliphatic rings. The number of ether oxygens (including phenoxy) is 3. The van der Waals surface area contributed by atoms with Gasteiger partial charge in [-0.1, -0.05) is 32.9 Å². The van der Waals surface area contributed by atoms with Gasteiger partial charge in [0.25, 0.3) is 0 Å². The molecule has 0 heterocycles. The molecule has 1 N–H and O–H groups in total. The van der Waals surface area contributed by atoms with Gasteiger partial charge in [0.2, 0.25) is 0 Å². The van der Waals surface area contributed by atoms with Gasteiger partial charge in [-0.15, -0.1) is 13.2 Å². The summed E-state index contributed by atoms with van der Waals surface area (Å²) in [4.78, 5) is 14.4. The zero-order valence-corrected chi connectivity index (χ0v) is 19.8. The Morgan fingerprint density at radius 3 is 2.33 bits per heavy atom. The van der Waals surface area contributed by atoms with Gasteiger partial charge in [-0.05, 0) is 56.3 Å². The lowest BCUT2D eigenvalue weighted by molar-refractivity contribution is -0.188. The van der Waals surface area contributed by atoms with E-state index in [0.717, 1.165) is 12.8 Å². The van der Waals surface area contributed by atoms with Crippen LogP contribution in [0, 0.1) is 35.0 Å². The number of hydrogen-bond donors (Lipinski definition) is 1. The van der Waals surface area contributed by atoms with Gasteiger partial charge in [-0.2, -0.15) is 0 Å². The van der Waals surface area contributed by atoms with Gasteiger partial charge in [-0.25, -0.2) is 0 Å². The molecule has 0 aliphatic heterocycles. The van der Waals surface area contributed by atoms with Crippen molar-refractivity contribution in [2.24, 2.45) is 35.0 Å². The molecule has 7 atom stereocenters. The Kier molecular flexibility index (Phi) is 8.11. The summed E-state index contributed by atoms with van der Waals surface area (Å²) in [5.41, 5.74) is -2.94. The van der Waals surface area contributed by atoms with Crippen molar-refractivity contribution in [1.82, 2.24) is 0 Å². The average Bonchev–Trinajstić information content (AvgIpc) is 3.22. The molecule has 2 fully saturated rings. The summed E-state index contributed by atoms with van der Waals surface area (Å²) >= 11 is 0. The third-order valence-corrected chi connectivity index (χ3v) is 8.14. The van der Waals surface area contributed by atoms with Crippen LogP contribution in [-0.4, -0.2) is 49.7 Å². The Balaban J connectivity index is 2.56. The topological polar surface area (TPSA) is 65.0 Å². The van der Waals surface area contributed by atoms with E-state index < -0.39 is 22.5 Å². The van der Waals surface area contributed by atoms with Gasteiger partial charge in [0.1, 0.15) is 18.2 Å². The van der Waals surface area contributed by atoms with Crippen LogP contribution in [0.5, 0.6) is 0 Å². The number of allylic oxidation sites excluding steroid dienone is 1. The van der Waals surface area contributed by atoms with Crippen molar-refractivity contribution in [3.8, 4) is 0 Å². The molecule has 2 unspecified atom stereocenters. The zero-order chi connectivity index (χ0) is 22.7. The molecule has 30 heavy (non-hydrogen) atoms. The minimum absolute atomic E-state index is 0.00245. The first-order chi connectivity index (χ1) is 14.1. The molecule has 2 rings (SSSR count). The van der Waals surface area contributed by atoms with Crippen molar-refractivity contribution in [3.63, 3.8) is 0 Å². The molecule has 5 heteroatoms. The van der Waals surface area contributed by atoms with Crippen LogP contribution in [-0.2, 0) is 19.0 Å². The maximum absolute atomic E-state index is 14.4. The number of aliphatic hydroxyl groups is 1. The van der Waals surface area contributed by atoms with E-state index >= 15 is 0 Å². The highest BCUT2D eigenvalue weighted by Gasteiger charge is 2.65.